The maximum Gasteiger partial charge on any atom is 0.0328 e. The normalized spacial score (nSPS) is 16.8. The van der Waals surface area contributed by atoms with Crippen molar-refractivity contribution in [3.05, 3.63) is 208 Å². The molecule has 0 aliphatic heterocycles. The van der Waals surface area contributed by atoms with E-state index in [9.17, 15) is 0 Å². The van der Waals surface area contributed by atoms with Gasteiger partial charge in [-0.25, -0.2) is 0 Å². The van der Waals surface area contributed by atoms with E-state index in [0.717, 1.165) is 17.2 Å². The first-order valence-electron chi connectivity index (χ1n) is 18.7. The zero-order valence-corrected chi connectivity index (χ0v) is 30.8. The molecular formula is C52H44. The van der Waals surface area contributed by atoms with Crippen LogP contribution in [0.1, 0.15) is 74.4 Å². The molecule has 0 heterocycles. The predicted molar refractivity (Wildman–Crippen MR) is 226 cm³/mol. The van der Waals surface area contributed by atoms with Crippen molar-refractivity contribution in [2.45, 2.75) is 46.5 Å². The molecule has 0 fully saturated rings. The average molecular weight is 669 g/mol. The van der Waals surface area contributed by atoms with Gasteiger partial charge < -0.3 is 0 Å². The molecule has 0 bridgehead atoms. The fraction of sp³-hybridized carbons (Fsp3) is 0.135. The third-order valence-electron chi connectivity index (χ3n) is 10.8. The summed E-state index contributed by atoms with van der Waals surface area (Å²) >= 11 is 0. The third-order valence-corrected chi connectivity index (χ3v) is 10.8. The second-order valence-electron chi connectivity index (χ2n) is 13.9. The molecule has 0 N–H and O–H groups in total. The van der Waals surface area contributed by atoms with Crippen LogP contribution in [0.25, 0.3) is 54.8 Å². The monoisotopic (exact) mass is 668 g/mol. The zero-order chi connectivity index (χ0) is 35.8. The molecule has 0 saturated heterocycles. The Morgan fingerprint density at radius 3 is 2.17 bits per heavy atom. The highest BCUT2D eigenvalue weighted by Gasteiger charge is 2.27. The van der Waals surface area contributed by atoms with E-state index < -0.39 is 0 Å². The lowest BCUT2D eigenvalue weighted by Crippen LogP contribution is -2.26. The Balaban J connectivity index is 0.00000190. The number of allylic oxidation sites excluding steroid dienone is 8. The van der Waals surface area contributed by atoms with E-state index in [0.29, 0.717) is 0 Å². The van der Waals surface area contributed by atoms with Gasteiger partial charge in [0.1, 0.15) is 0 Å². The first kappa shape index (κ1) is 33.2. The molecule has 252 valence electrons. The van der Waals surface area contributed by atoms with Crippen LogP contribution >= 0.6 is 0 Å². The smallest absolute Gasteiger partial charge is 0.0328 e. The van der Waals surface area contributed by atoms with Crippen molar-refractivity contribution >= 4 is 54.8 Å². The quantitative estimate of drug-likeness (QED) is 0.126. The van der Waals surface area contributed by atoms with Crippen LogP contribution in [0.5, 0.6) is 0 Å². The summed E-state index contributed by atoms with van der Waals surface area (Å²) in [6.07, 6.45) is 16.6. The van der Waals surface area contributed by atoms with Gasteiger partial charge in [0.25, 0.3) is 0 Å². The molecule has 0 heteroatoms. The van der Waals surface area contributed by atoms with Crippen molar-refractivity contribution in [3.8, 4) is 0 Å². The Labute approximate surface area is 307 Å². The second-order valence-corrected chi connectivity index (χ2v) is 13.9. The van der Waals surface area contributed by atoms with Crippen LogP contribution in [0.3, 0.4) is 0 Å². The van der Waals surface area contributed by atoms with E-state index in [1.807, 2.05) is 13.8 Å². The molecular weight excluding hydrogens is 625 g/mol. The van der Waals surface area contributed by atoms with Crippen molar-refractivity contribution in [2.75, 3.05) is 0 Å². The summed E-state index contributed by atoms with van der Waals surface area (Å²) in [5, 5.41) is 10.1. The number of hydrogen-bond donors (Lipinski definition) is 0. The molecule has 7 aromatic rings. The standard InChI is InChI=1S/C50H38.C2H6/c1-4-15-33(5-2)38-28-39(30-40(29-38)50(3)26-11-6-12-27-50)48-41-20-8-7-16-36(41)31-45(42-21-9-10-22-43(42)48)46-32-37-19-13-17-34-24-25-35-18-14-23-44(46)49(35)47(34)37;1-2/h4-26,28-30,32H,27H2,1-3H3;1-2H3/b15-4-,33-5+;. The summed E-state index contributed by atoms with van der Waals surface area (Å²) in [6, 6.07) is 45.4. The van der Waals surface area contributed by atoms with Gasteiger partial charge >= 0.3 is 0 Å². The highest BCUT2D eigenvalue weighted by molar-refractivity contribution is 6.26. The highest BCUT2D eigenvalue weighted by Crippen LogP contribution is 2.43. The molecule has 2 aliphatic carbocycles. The molecule has 2 aliphatic rings. The maximum atomic E-state index is 4.03. The van der Waals surface area contributed by atoms with Crippen LogP contribution in [0.2, 0.25) is 0 Å². The zero-order valence-electron chi connectivity index (χ0n) is 30.8. The Morgan fingerprint density at radius 2 is 1.40 bits per heavy atom. The van der Waals surface area contributed by atoms with Gasteiger partial charge in [0.05, 0.1) is 0 Å². The van der Waals surface area contributed by atoms with E-state index in [1.165, 1.54) is 82.1 Å². The van der Waals surface area contributed by atoms with E-state index in [2.05, 4.69) is 190 Å². The summed E-state index contributed by atoms with van der Waals surface area (Å²) < 4.78 is 0. The molecule has 0 aromatic heterocycles. The van der Waals surface area contributed by atoms with Gasteiger partial charge in [0.2, 0.25) is 0 Å². The number of hydrogen-bond acceptors (Lipinski definition) is 0. The van der Waals surface area contributed by atoms with Crippen LogP contribution in [0.15, 0.2) is 164 Å². The largest absolute Gasteiger partial charge is 0.103 e. The summed E-state index contributed by atoms with van der Waals surface area (Å²) in [4.78, 5) is 0. The lowest BCUT2D eigenvalue weighted by Gasteiger charge is -2.29. The number of benzene rings is 7. The second kappa shape index (κ2) is 13.6. The molecule has 9 rings (SSSR count). The van der Waals surface area contributed by atoms with Gasteiger partial charge in [-0.3, -0.25) is 0 Å². The third kappa shape index (κ3) is 5.48. The highest BCUT2D eigenvalue weighted by atomic mass is 14.3. The Kier molecular flexibility index (Phi) is 8.72. The lowest BCUT2D eigenvalue weighted by molar-refractivity contribution is 0.599. The van der Waals surface area contributed by atoms with Crippen molar-refractivity contribution in [3.63, 3.8) is 0 Å². The molecule has 1 unspecified atom stereocenters. The van der Waals surface area contributed by atoms with Crippen LogP contribution in [0.4, 0.5) is 0 Å². The molecule has 0 amide bonds. The number of rotatable bonds is 5. The van der Waals surface area contributed by atoms with Crippen LogP contribution < -0.4 is 10.4 Å². The average Bonchev–Trinajstić information content (AvgIpc) is 3.34. The van der Waals surface area contributed by atoms with E-state index >= 15 is 0 Å². The Bertz CT molecular complexity index is 2790. The van der Waals surface area contributed by atoms with Gasteiger partial charge in [-0.15, -0.1) is 5.73 Å². The maximum absolute atomic E-state index is 4.03. The molecule has 0 nitrogen and oxygen atoms in total. The number of fused-ring (bicyclic) bond motifs is 2. The summed E-state index contributed by atoms with van der Waals surface area (Å²) in [6.45, 7) is 10.6. The molecule has 7 aromatic carbocycles. The first-order valence-corrected chi connectivity index (χ1v) is 18.7. The van der Waals surface area contributed by atoms with E-state index in [1.54, 1.807) is 0 Å². The predicted octanol–water partition coefficient (Wildman–Crippen LogP) is 12.4. The van der Waals surface area contributed by atoms with Crippen molar-refractivity contribution in [1.82, 2.24) is 0 Å². The van der Waals surface area contributed by atoms with E-state index in [4.69, 9.17) is 0 Å². The minimum Gasteiger partial charge on any atom is -0.103 e. The first-order chi connectivity index (χ1) is 25.6. The minimum absolute atomic E-state index is 0.103. The van der Waals surface area contributed by atoms with Crippen molar-refractivity contribution < 1.29 is 0 Å². The molecule has 0 saturated carbocycles. The van der Waals surface area contributed by atoms with Crippen molar-refractivity contribution in [2.24, 2.45) is 0 Å². The summed E-state index contributed by atoms with van der Waals surface area (Å²) in [5.41, 5.74) is 15.0. The van der Waals surface area contributed by atoms with Gasteiger partial charge in [-0.05, 0) is 121 Å². The minimum atomic E-state index is -0.103. The Morgan fingerprint density at radius 1 is 0.673 bits per heavy atom. The van der Waals surface area contributed by atoms with Crippen LogP contribution in [0, 0.1) is 0 Å². The SMILES string of the molecule is C/C=C\C(=C/C)c1cc(C2=c3ccccc3=C=C(c3cc4cccc5ccc6cccc3c6c54)c3ccccc32)cc(C2(C)C=CC=CC2)c1.CC. The van der Waals surface area contributed by atoms with Crippen molar-refractivity contribution in [1.29, 1.82) is 0 Å². The fourth-order valence-electron chi connectivity index (χ4n) is 8.32. The lowest BCUT2D eigenvalue weighted by atomic mass is 9.75. The topological polar surface area (TPSA) is 0 Å². The van der Waals surface area contributed by atoms with Gasteiger partial charge in [0.15, 0.2) is 0 Å². The van der Waals surface area contributed by atoms with Gasteiger partial charge in [-0.1, -0.05) is 166 Å². The molecule has 1 atom stereocenters. The Hall–Kier alpha value is -5.94. The van der Waals surface area contributed by atoms with E-state index in [-0.39, 0.29) is 5.41 Å². The van der Waals surface area contributed by atoms with Crippen LogP contribution in [-0.4, -0.2) is 0 Å². The fourth-order valence-corrected chi connectivity index (χ4v) is 8.32. The molecule has 0 spiro atoms. The van der Waals surface area contributed by atoms with Gasteiger partial charge in [0, 0.05) is 16.2 Å². The van der Waals surface area contributed by atoms with Crippen LogP contribution in [-0.2, 0) is 5.41 Å². The molecule has 52 heavy (non-hydrogen) atoms. The summed E-state index contributed by atoms with van der Waals surface area (Å²) in [5.74, 6) is 0. The van der Waals surface area contributed by atoms with Gasteiger partial charge in [-0.2, -0.15) is 0 Å². The molecule has 0 radical (unpaired) electrons. The summed E-state index contributed by atoms with van der Waals surface area (Å²) in [7, 11) is 0.